The van der Waals surface area contributed by atoms with Gasteiger partial charge < -0.3 is 0 Å². The molecule has 1 atom stereocenters. The fourth-order valence-electron chi connectivity index (χ4n) is 3.04. The van der Waals surface area contributed by atoms with Gasteiger partial charge in [-0.2, -0.15) is 0 Å². The van der Waals surface area contributed by atoms with Crippen molar-refractivity contribution < 1.29 is 9.18 Å². The van der Waals surface area contributed by atoms with Crippen LogP contribution in [0.2, 0.25) is 0 Å². The maximum atomic E-state index is 13.5. The maximum Gasteiger partial charge on any atom is 0.164 e. The summed E-state index contributed by atoms with van der Waals surface area (Å²) in [6.07, 6.45) is 2.92. The van der Waals surface area contributed by atoms with E-state index in [0.29, 0.717) is 29.5 Å². The highest BCUT2D eigenvalue weighted by Gasteiger charge is 2.27. The van der Waals surface area contributed by atoms with E-state index in [0.717, 1.165) is 13.1 Å². The van der Waals surface area contributed by atoms with Gasteiger partial charge >= 0.3 is 0 Å². The summed E-state index contributed by atoms with van der Waals surface area (Å²) >= 11 is 0. The van der Waals surface area contributed by atoms with E-state index >= 15 is 0 Å². The van der Waals surface area contributed by atoms with Crippen LogP contribution in [0.15, 0.2) is 18.2 Å². The number of carbonyl (C=O) groups is 1. The van der Waals surface area contributed by atoms with Gasteiger partial charge in [-0.05, 0) is 43.9 Å². The topological polar surface area (TPSA) is 20.3 Å². The van der Waals surface area contributed by atoms with E-state index < -0.39 is 0 Å². The number of carbonyl (C=O) groups excluding carboxylic acids is 1. The Balaban J connectivity index is 1.93. The highest BCUT2D eigenvalue weighted by Crippen LogP contribution is 2.24. The zero-order valence-corrected chi connectivity index (χ0v) is 12.7. The third-order valence-corrected chi connectivity index (χ3v) is 4.30. The van der Waals surface area contributed by atoms with E-state index in [1.165, 1.54) is 18.9 Å². The standard InChI is InChI=1S/C17H24FNO/c1-12(2)16-5-4-9-19(16)10-8-17(20)14-7-6-13(3)15(18)11-14/h6-7,11-12,16H,4-5,8-10H2,1-3H3. The van der Waals surface area contributed by atoms with E-state index in [-0.39, 0.29) is 11.6 Å². The second kappa shape index (κ2) is 6.49. The van der Waals surface area contributed by atoms with Crippen molar-refractivity contribution in [3.8, 4) is 0 Å². The molecule has 0 bridgehead atoms. The molecule has 1 fully saturated rings. The number of hydrogen-bond donors (Lipinski definition) is 0. The molecule has 1 saturated heterocycles. The molecule has 110 valence electrons. The van der Waals surface area contributed by atoms with E-state index in [2.05, 4.69) is 18.7 Å². The van der Waals surface area contributed by atoms with Gasteiger partial charge in [-0.1, -0.05) is 26.0 Å². The second-order valence-electron chi connectivity index (χ2n) is 6.13. The molecule has 1 aromatic rings. The normalized spacial score (nSPS) is 19.8. The molecule has 0 radical (unpaired) electrons. The summed E-state index contributed by atoms with van der Waals surface area (Å²) in [7, 11) is 0. The summed E-state index contributed by atoms with van der Waals surface area (Å²) in [4.78, 5) is 14.6. The van der Waals surface area contributed by atoms with Gasteiger partial charge in [0.05, 0.1) is 0 Å². The van der Waals surface area contributed by atoms with Gasteiger partial charge in [0.2, 0.25) is 0 Å². The SMILES string of the molecule is Cc1ccc(C(=O)CCN2CCCC2C(C)C)cc1F. The van der Waals surface area contributed by atoms with Crippen molar-refractivity contribution in [2.75, 3.05) is 13.1 Å². The highest BCUT2D eigenvalue weighted by atomic mass is 19.1. The first-order valence-corrected chi connectivity index (χ1v) is 7.52. The fraction of sp³-hybridized carbons (Fsp3) is 0.588. The van der Waals surface area contributed by atoms with Crippen molar-refractivity contribution in [3.05, 3.63) is 35.1 Å². The zero-order chi connectivity index (χ0) is 14.7. The van der Waals surface area contributed by atoms with Gasteiger partial charge in [0.15, 0.2) is 5.78 Å². The first-order valence-electron chi connectivity index (χ1n) is 7.52. The van der Waals surface area contributed by atoms with Crippen molar-refractivity contribution in [1.29, 1.82) is 0 Å². The molecule has 1 heterocycles. The Kier molecular flexibility index (Phi) is 4.92. The first kappa shape index (κ1) is 15.2. The Hall–Kier alpha value is -1.22. The summed E-state index contributed by atoms with van der Waals surface area (Å²) in [6.45, 7) is 8.05. The minimum absolute atomic E-state index is 0.0401. The van der Waals surface area contributed by atoms with Crippen LogP contribution in [0.1, 0.15) is 49.0 Å². The van der Waals surface area contributed by atoms with Crippen molar-refractivity contribution in [1.82, 2.24) is 4.90 Å². The molecule has 1 aliphatic heterocycles. The van der Waals surface area contributed by atoms with Gasteiger partial charge in [-0.3, -0.25) is 9.69 Å². The monoisotopic (exact) mass is 277 g/mol. The van der Waals surface area contributed by atoms with Gasteiger partial charge in [0.25, 0.3) is 0 Å². The molecule has 3 heteroatoms. The number of ketones is 1. The van der Waals surface area contributed by atoms with Gasteiger partial charge in [0, 0.05) is 24.6 Å². The summed E-state index contributed by atoms with van der Waals surface area (Å²) in [5, 5.41) is 0. The number of nitrogens with zero attached hydrogens (tertiary/aromatic N) is 1. The molecule has 0 saturated carbocycles. The average molecular weight is 277 g/mol. The van der Waals surface area contributed by atoms with Crippen LogP contribution in [0, 0.1) is 18.7 Å². The molecule has 1 unspecified atom stereocenters. The van der Waals surface area contributed by atoms with Crippen LogP contribution in [0.3, 0.4) is 0 Å². The summed E-state index contributed by atoms with van der Waals surface area (Å²) in [6, 6.07) is 5.36. The zero-order valence-electron chi connectivity index (χ0n) is 12.7. The maximum absolute atomic E-state index is 13.5. The minimum Gasteiger partial charge on any atom is -0.300 e. The lowest BCUT2D eigenvalue weighted by Gasteiger charge is -2.27. The van der Waals surface area contributed by atoms with Crippen molar-refractivity contribution in [2.24, 2.45) is 5.92 Å². The van der Waals surface area contributed by atoms with Crippen LogP contribution < -0.4 is 0 Å². The molecule has 1 aliphatic rings. The van der Waals surface area contributed by atoms with E-state index in [4.69, 9.17) is 0 Å². The molecule has 0 N–H and O–H groups in total. The highest BCUT2D eigenvalue weighted by molar-refractivity contribution is 5.96. The van der Waals surface area contributed by atoms with E-state index in [1.807, 2.05) is 0 Å². The number of likely N-dealkylation sites (tertiary alicyclic amines) is 1. The molecule has 2 nitrogen and oxygen atoms in total. The van der Waals surface area contributed by atoms with Crippen LogP contribution >= 0.6 is 0 Å². The molecule has 20 heavy (non-hydrogen) atoms. The third kappa shape index (κ3) is 3.45. The molecule has 2 rings (SSSR count). The lowest BCUT2D eigenvalue weighted by atomic mass is 10.0. The number of halogens is 1. The molecule has 0 amide bonds. The molecule has 0 spiro atoms. The predicted octanol–water partition coefficient (Wildman–Crippen LogP) is 3.83. The smallest absolute Gasteiger partial charge is 0.164 e. The van der Waals surface area contributed by atoms with Crippen molar-refractivity contribution >= 4 is 5.78 Å². The molecular weight excluding hydrogens is 253 g/mol. The lowest BCUT2D eigenvalue weighted by molar-refractivity contribution is 0.0953. The van der Waals surface area contributed by atoms with E-state index in [1.54, 1.807) is 19.1 Å². The number of aryl methyl sites for hydroxylation is 1. The molecule has 0 aliphatic carbocycles. The van der Waals surface area contributed by atoms with E-state index in [9.17, 15) is 9.18 Å². The van der Waals surface area contributed by atoms with Crippen LogP contribution in [0.4, 0.5) is 4.39 Å². The van der Waals surface area contributed by atoms with Crippen LogP contribution in [0.5, 0.6) is 0 Å². The number of rotatable bonds is 5. The van der Waals surface area contributed by atoms with Gasteiger partial charge in [0.1, 0.15) is 5.82 Å². The third-order valence-electron chi connectivity index (χ3n) is 4.30. The molecule has 0 aromatic heterocycles. The van der Waals surface area contributed by atoms with Crippen LogP contribution in [-0.4, -0.2) is 29.8 Å². The first-order chi connectivity index (χ1) is 9.49. The summed E-state index contributed by atoms with van der Waals surface area (Å²) in [5.74, 6) is 0.375. The van der Waals surface area contributed by atoms with Crippen molar-refractivity contribution in [2.45, 2.75) is 46.1 Å². The summed E-state index contributed by atoms with van der Waals surface area (Å²) in [5.41, 5.74) is 1.08. The lowest BCUT2D eigenvalue weighted by Crippen LogP contribution is -2.35. The molecular formula is C17H24FNO. The quantitative estimate of drug-likeness (QED) is 0.762. The van der Waals surface area contributed by atoms with Gasteiger partial charge in [-0.25, -0.2) is 4.39 Å². The predicted molar refractivity (Wildman–Crippen MR) is 79.5 cm³/mol. The number of Topliss-reactive ketones (excluding diaryl/α,β-unsaturated/α-hetero) is 1. The van der Waals surface area contributed by atoms with Crippen LogP contribution in [-0.2, 0) is 0 Å². The minimum atomic E-state index is -0.294. The summed E-state index contributed by atoms with van der Waals surface area (Å²) < 4.78 is 13.5. The Morgan fingerprint density at radius 1 is 1.45 bits per heavy atom. The Labute approximate surface area is 121 Å². The fourth-order valence-corrected chi connectivity index (χ4v) is 3.04. The number of benzene rings is 1. The van der Waals surface area contributed by atoms with Crippen LogP contribution in [0.25, 0.3) is 0 Å². The molecule has 1 aromatic carbocycles. The average Bonchev–Trinajstić information content (AvgIpc) is 2.87. The van der Waals surface area contributed by atoms with Gasteiger partial charge in [-0.15, -0.1) is 0 Å². The number of hydrogen-bond acceptors (Lipinski definition) is 2. The van der Waals surface area contributed by atoms with Crippen molar-refractivity contribution in [3.63, 3.8) is 0 Å². The largest absolute Gasteiger partial charge is 0.300 e. The Bertz CT molecular complexity index is 484. The second-order valence-corrected chi connectivity index (χ2v) is 6.13. The Morgan fingerprint density at radius 2 is 2.20 bits per heavy atom. The Morgan fingerprint density at radius 3 is 2.85 bits per heavy atom.